The minimum Gasteiger partial charge on any atom is -0.480 e. The Morgan fingerprint density at radius 1 is 1.26 bits per heavy atom. The number of carbonyl (C=O) groups is 1. The SMILES string of the molecule is O=C(O)COCC1CCC(Cn2nc(-c3cccc(F)c3)cnc2=O)CC1. The fourth-order valence-corrected chi connectivity index (χ4v) is 3.42. The molecule has 1 aromatic carbocycles. The van der Waals surface area contributed by atoms with E-state index in [2.05, 4.69) is 10.1 Å². The average Bonchev–Trinajstić information content (AvgIpc) is 2.64. The number of carboxylic acids is 1. The van der Waals surface area contributed by atoms with Crippen LogP contribution in [0.25, 0.3) is 11.3 Å². The van der Waals surface area contributed by atoms with Crippen LogP contribution in [-0.4, -0.2) is 39.1 Å². The molecule has 0 bridgehead atoms. The first-order valence-electron chi connectivity index (χ1n) is 9.01. The maximum atomic E-state index is 13.4. The van der Waals surface area contributed by atoms with E-state index in [0.29, 0.717) is 36.2 Å². The van der Waals surface area contributed by atoms with Gasteiger partial charge in [-0.15, -0.1) is 0 Å². The molecule has 1 aromatic heterocycles. The molecule has 2 aromatic rings. The lowest BCUT2D eigenvalue weighted by atomic mass is 9.82. The van der Waals surface area contributed by atoms with Crippen LogP contribution in [0.4, 0.5) is 4.39 Å². The third-order valence-electron chi connectivity index (χ3n) is 4.84. The first kappa shape index (κ1) is 19.2. The molecule has 0 radical (unpaired) electrons. The Morgan fingerprint density at radius 2 is 2.00 bits per heavy atom. The summed E-state index contributed by atoms with van der Waals surface area (Å²) >= 11 is 0. The molecule has 0 amide bonds. The standard InChI is InChI=1S/C19H22FN3O4/c20-16-3-1-2-15(8-16)17-9-21-19(26)23(22-17)10-13-4-6-14(7-5-13)11-27-12-18(24)25/h1-3,8-9,13-14H,4-7,10-12H2,(H,24,25). The van der Waals surface area contributed by atoms with Crippen LogP contribution in [0, 0.1) is 17.7 Å². The third-order valence-corrected chi connectivity index (χ3v) is 4.84. The molecule has 3 rings (SSSR count). The van der Waals surface area contributed by atoms with Crippen molar-refractivity contribution >= 4 is 5.97 Å². The Labute approximate surface area is 155 Å². The third kappa shape index (κ3) is 5.43. The van der Waals surface area contributed by atoms with E-state index in [1.807, 2.05) is 0 Å². The Hall–Kier alpha value is -2.61. The van der Waals surface area contributed by atoms with Crippen molar-refractivity contribution in [3.8, 4) is 11.3 Å². The van der Waals surface area contributed by atoms with Gasteiger partial charge in [-0.05, 0) is 49.7 Å². The van der Waals surface area contributed by atoms with Gasteiger partial charge in [-0.3, -0.25) is 0 Å². The molecule has 1 heterocycles. The van der Waals surface area contributed by atoms with E-state index in [9.17, 15) is 14.0 Å². The van der Waals surface area contributed by atoms with Crippen molar-refractivity contribution in [1.29, 1.82) is 0 Å². The number of halogens is 1. The molecule has 0 atom stereocenters. The largest absolute Gasteiger partial charge is 0.480 e. The van der Waals surface area contributed by atoms with Crippen molar-refractivity contribution in [2.24, 2.45) is 11.8 Å². The Bertz CT molecular complexity index is 847. The van der Waals surface area contributed by atoms with Crippen molar-refractivity contribution in [3.63, 3.8) is 0 Å². The van der Waals surface area contributed by atoms with Gasteiger partial charge < -0.3 is 9.84 Å². The normalized spacial score (nSPS) is 19.7. The highest BCUT2D eigenvalue weighted by atomic mass is 19.1. The lowest BCUT2D eigenvalue weighted by Gasteiger charge is -2.28. The smallest absolute Gasteiger partial charge is 0.363 e. The molecule has 0 unspecified atom stereocenters. The molecule has 8 heteroatoms. The fourth-order valence-electron chi connectivity index (χ4n) is 3.42. The van der Waals surface area contributed by atoms with Crippen molar-refractivity contribution in [3.05, 3.63) is 46.8 Å². The highest BCUT2D eigenvalue weighted by molar-refractivity contribution is 5.67. The zero-order valence-electron chi connectivity index (χ0n) is 14.9. The van der Waals surface area contributed by atoms with Gasteiger partial charge in [0.05, 0.1) is 12.8 Å². The molecular formula is C19H22FN3O4. The summed E-state index contributed by atoms with van der Waals surface area (Å²) < 4.78 is 19.9. The van der Waals surface area contributed by atoms with Gasteiger partial charge in [-0.25, -0.2) is 18.7 Å². The molecule has 0 aliphatic heterocycles. The van der Waals surface area contributed by atoms with Gasteiger partial charge >= 0.3 is 11.7 Å². The van der Waals surface area contributed by atoms with Gasteiger partial charge in [0.25, 0.3) is 0 Å². The number of hydrogen-bond acceptors (Lipinski definition) is 5. The Kier molecular flexibility index (Phi) is 6.28. The summed E-state index contributed by atoms with van der Waals surface area (Å²) in [5.41, 5.74) is 0.627. The summed E-state index contributed by atoms with van der Waals surface area (Å²) in [7, 11) is 0. The fraction of sp³-hybridized carbons (Fsp3) is 0.474. The number of hydrogen-bond donors (Lipinski definition) is 1. The van der Waals surface area contributed by atoms with E-state index in [-0.39, 0.29) is 12.4 Å². The zero-order chi connectivity index (χ0) is 19.2. The van der Waals surface area contributed by atoms with E-state index in [1.54, 1.807) is 12.1 Å². The molecule has 27 heavy (non-hydrogen) atoms. The van der Waals surface area contributed by atoms with Gasteiger partial charge in [-0.2, -0.15) is 10.1 Å². The molecule has 1 saturated carbocycles. The van der Waals surface area contributed by atoms with Gasteiger partial charge in [0, 0.05) is 12.1 Å². The monoisotopic (exact) mass is 375 g/mol. The molecular weight excluding hydrogens is 353 g/mol. The van der Waals surface area contributed by atoms with Crippen LogP contribution >= 0.6 is 0 Å². The molecule has 0 saturated heterocycles. The van der Waals surface area contributed by atoms with Crippen LogP contribution < -0.4 is 5.69 Å². The van der Waals surface area contributed by atoms with Crippen molar-refractivity contribution in [2.75, 3.05) is 13.2 Å². The van der Waals surface area contributed by atoms with E-state index in [0.717, 1.165) is 25.7 Å². The molecule has 0 spiro atoms. The van der Waals surface area contributed by atoms with Gasteiger partial charge in [0.15, 0.2) is 0 Å². The predicted octanol–water partition coefficient (Wildman–Crippen LogP) is 2.35. The number of rotatable bonds is 7. The number of benzene rings is 1. The molecule has 1 N–H and O–H groups in total. The maximum Gasteiger partial charge on any atom is 0.363 e. The lowest BCUT2D eigenvalue weighted by molar-refractivity contribution is -0.142. The lowest BCUT2D eigenvalue weighted by Crippen LogP contribution is -2.31. The van der Waals surface area contributed by atoms with Crippen LogP contribution in [0.1, 0.15) is 25.7 Å². The highest BCUT2D eigenvalue weighted by Crippen LogP contribution is 2.29. The highest BCUT2D eigenvalue weighted by Gasteiger charge is 2.22. The summed E-state index contributed by atoms with van der Waals surface area (Å²) in [5.74, 6) is -0.673. The van der Waals surface area contributed by atoms with Crippen LogP contribution in [0.15, 0.2) is 35.3 Å². The van der Waals surface area contributed by atoms with Crippen LogP contribution in [0.2, 0.25) is 0 Å². The van der Waals surface area contributed by atoms with Crippen LogP contribution in [0.5, 0.6) is 0 Å². The van der Waals surface area contributed by atoms with Crippen molar-refractivity contribution < 1.29 is 19.0 Å². The predicted molar refractivity (Wildman–Crippen MR) is 95.6 cm³/mol. The number of aromatic nitrogens is 3. The number of aliphatic carboxylic acids is 1. The zero-order valence-corrected chi connectivity index (χ0v) is 14.9. The Balaban J connectivity index is 1.59. The number of carboxylic acid groups (broad SMARTS) is 1. The summed E-state index contributed by atoms with van der Waals surface area (Å²) in [5, 5.41) is 13.0. The molecule has 1 fully saturated rings. The van der Waals surface area contributed by atoms with Crippen LogP contribution in [-0.2, 0) is 16.1 Å². The first-order valence-corrected chi connectivity index (χ1v) is 9.01. The summed E-state index contributed by atoms with van der Waals surface area (Å²) in [6, 6.07) is 6.03. The van der Waals surface area contributed by atoms with Gasteiger partial charge in [0.1, 0.15) is 18.1 Å². The molecule has 1 aliphatic rings. The van der Waals surface area contributed by atoms with Crippen LogP contribution in [0.3, 0.4) is 0 Å². The Morgan fingerprint density at radius 3 is 2.70 bits per heavy atom. The average molecular weight is 375 g/mol. The van der Waals surface area contributed by atoms with E-state index in [4.69, 9.17) is 9.84 Å². The van der Waals surface area contributed by atoms with Gasteiger partial charge in [0.2, 0.25) is 0 Å². The molecule has 144 valence electrons. The first-order chi connectivity index (χ1) is 13.0. The van der Waals surface area contributed by atoms with E-state index in [1.165, 1.54) is 23.0 Å². The molecule has 1 aliphatic carbocycles. The van der Waals surface area contributed by atoms with Gasteiger partial charge in [-0.1, -0.05) is 12.1 Å². The topological polar surface area (TPSA) is 94.3 Å². The minimum absolute atomic E-state index is 0.266. The minimum atomic E-state index is -0.959. The molecule has 7 nitrogen and oxygen atoms in total. The summed E-state index contributed by atoms with van der Waals surface area (Å²) in [4.78, 5) is 26.4. The van der Waals surface area contributed by atoms with Crippen molar-refractivity contribution in [1.82, 2.24) is 14.8 Å². The maximum absolute atomic E-state index is 13.4. The van der Waals surface area contributed by atoms with Crippen molar-refractivity contribution in [2.45, 2.75) is 32.2 Å². The quantitative estimate of drug-likeness (QED) is 0.798. The number of ether oxygens (including phenoxy) is 1. The van der Waals surface area contributed by atoms with E-state index < -0.39 is 11.7 Å². The second-order valence-corrected chi connectivity index (χ2v) is 6.91. The summed E-state index contributed by atoms with van der Waals surface area (Å²) in [6.45, 7) is 0.656. The summed E-state index contributed by atoms with van der Waals surface area (Å²) in [6.07, 6.45) is 5.05. The second kappa shape index (κ2) is 8.85. The second-order valence-electron chi connectivity index (χ2n) is 6.91. The van der Waals surface area contributed by atoms with E-state index >= 15 is 0 Å². The number of nitrogens with zero attached hydrogens (tertiary/aromatic N) is 3.